The molecule has 0 aromatic carbocycles. The van der Waals surface area contributed by atoms with Crippen molar-refractivity contribution in [3.63, 3.8) is 0 Å². The summed E-state index contributed by atoms with van der Waals surface area (Å²) in [6, 6.07) is 0. The smallest absolute Gasteiger partial charge is 0.321 e. The number of hydrogen-bond donors (Lipinski definition) is 3. The van der Waals surface area contributed by atoms with Gasteiger partial charge in [0.2, 0.25) is 0 Å². The van der Waals surface area contributed by atoms with Crippen LogP contribution in [-0.4, -0.2) is 38.7 Å². The highest BCUT2D eigenvalue weighted by molar-refractivity contribution is 5.82. The molecule has 2 heterocycles. The predicted octanol–water partition coefficient (Wildman–Crippen LogP) is 1.56. The number of rotatable bonds is 3. The lowest BCUT2D eigenvalue weighted by atomic mass is 9.80. The Hall–Kier alpha value is -1.98. The van der Waals surface area contributed by atoms with Crippen LogP contribution in [0.15, 0.2) is 23.7 Å². The molecule has 3 N–H and O–H groups in total. The van der Waals surface area contributed by atoms with Gasteiger partial charge in [-0.05, 0) is 19.4 Å². The van der Waals surface area contributed by atoms with Crippen molar-refractivity contribution in [1.29, 1.82) is 0 Å². The highest BCUT2D eigenvalue weighted by Gasteiger charge is 2.49. The fraction of sp³-hybridized carbons (Fsp3) is 0.538. The van der Waals surface area contributed by atoms with Gasteiger partial charge in [-0.3, -0.25) is 9.59 Å². The average molecular weight is 267 g/mol. The zero-order valence-corrected chi connectivity index (χ0v) is 10.9. The van der Waals surface area contributed by atoms with Crippen LogP contribution in [0, 0.1) is 10.8 Å². The van der Waals surface area contributed by atoms with Crippen molar-refractivity contribution in [1.82, 2.24) is 4.90 Å². The van der Waals surface area contributed by atoms with Crippen molar-refractivity contribution >= 4 is 11.9 Å². The van der Waals surface area contributed by atoms with Gasteiger partial charge in [-0.15, -0.1) is 0 Å². The first-order valence-corrected chi connectivity index (χ1v) is 6.11. The van der Waals surface area contributed by atoms with Gasteiger partial charge in [0.05, 0.1) is 5.41 Å². The Morgan fingerprint density at radius 2 is 2.00 bits per heavy atom. The normalized spacial score (nSPS) is 33.5. The molecular weight excluding hydrogens is 250 g/mol. The van der Waals surface area contributed by atoms with E-state index in [0.29, 0.717) is 5.70 Å². The van der Waals surface area contributed by atoms with Crippen LogP contribution < -0.4 is 0 Å². The summed E-state index contributed by atoms with van der Waals surface area (Å²) in [5.74, 6) is -2.30. The quantitative estimate of drug-likeness (QED) is 0.717. The highest BCUT2D eigenvalue weighted by atomic mass is 16.4. The van der Waals surface area contributed by atoms with Gasteiger partial charge >= 0.3 is 11.9 Å². The Kier molecular flexibility index (Phi) is 2.84. The van der Waals surface area contributed by atoms with E-state index >= 15 is 0 Å². The van der Waals surface area contributed by atoms with E-state index in [-0.39, 0.29) is 25.1 Å². The van der Waals surface area contributed by atoms with Gasteiger partial charge in [-0.2, -0.15) is 0 Å². The monoisotopic (exact) mass is 267 g/mol. The van der Waals surface area contributed by atoms with E-state index in [9.17, 15) is 24.9 Å². The molecule has 2 atom stereocenters. The van der Waals surface area contributed by atoms with Crippen molar-refractivity contribution in [3.05, 3.63) is 23.7 Å². The summed E-state index contributed by atoms with van der Waals surface area (Å²) in [4.78, 5) is 24.3. The Labute approximate surface area is 110 Å². The molecular formula is C13H17NO5. The van der Waals surface area contributed by atoms with Gasteiger partial charge in [0.1, 0.15) is 11.2 Å². The molecule has 104 valence electrons. The van der Waals surface area contributed by atoms with Gasteiger partial charge in [-0.1, -0.05) is 6.92 Å². The highest BCUT2D eigenvalue weighted by Crippen LogP contribution is 2.45. The molecule has 0 aliphatic carbocycles. The van der Waals surface area contributed by atoms with Crippen molar-refractivity contribution in [3.8, 4) is 0 Å². The first-order valence-electron chi connectivity index (χ1n) is 6.11. The van der Waals surface area contributed by atoms with E-state index in [1.807, 2.05) is 0 Å². The second kappa shape index (κ2) is 4.01. The number of aliphatic carboxylic acids is 2. The third kappa shape index (κ3) is 1.78. The third-order valence-electron chi connectivity index (χ3n) is 4.06. The SMILES string of the molecule is CCC1(C(=O)O)C=C2CC(C)(C(=O)O)CN2C=C1O. The van der Waals surface area contributed by atoms with Crippen LogP contribution in [0.4, 0.5) is 0 Å². The molecule has 2 aliphatic rings. The molecule has 0 amide bonds. The molecule has 2 aliphatic heterocycles. The molecule has 1 fully saturated rings. The fourth-order valence-electron chi connectivity index (χ4n) is 2.67. The van der Waals surface area contributed by atoms with E-state index < -0.39 is 22.8 Å². The van der Waals surface area contributed by atoms with Gasteiger partial charge in [0.15, 0.2) is 0 Å². The van der Waals surface area contributed by atoms with E-state index in [1.54, 1.807) is 18.7 Å². The van der Waals surface area contributed by atoms with Gasteiger partial charge in [-0.25, -0.2) is 0 Å². The first kappa shape index (κ1) is 13.5. The van der Waals surface area contributed by atoms with Crippen molar-refractivity contribution in [2.75, 3.05) is 6.54 Å². The minimum atomic E-state index is -1.43. The zero-order valence-electron chi connectivity index (χ0n) is 10.9. The molecule has 0 saturated carbocycles. The van der Waals surface area contributed by atoms with Gasteiger partial charge in [0.25, 0.3) is 0 Å². The average Bonchev–Trinajstić information content (AvgIpc) is 2.64. The van der Waals surface area contributed by atoms with E-state index in [2.05, 4.69) is 0 Å². The number of nitrogens with zero attached hydrogens (tertiary/aromatic N) is 1. The molecule has 0 aromatic rings. The predicted molar refractivity (Wildman–Crippen MR) is 66.2 cm³/mol. The summed E-state index contributed by atoms with van der Waals surface area (Å²) in [6.45, 7) is 3.53. The number of aliphatic hydroxyl groups excluding tert-OH is 1. The van der Waals surface area contributed by atoms with Crippen LogP contribution in [0.3, 0.4) is 0 Å². The van der Waals surface area contributed by atoms with Gasteiger partial charge in [0, 0.05) is 24.9 Å². The fourth-order valence-corrected chi connectivity index (χ4v) is 2.67. The molecule has 0 bridgehead atoms. The molecule has 19 heavy (non-hydrogen) atoms. The molecule has 0 aromatic heterocycles. The Bertz CT molecular complexity index is 509. The topological polar surface area (TPSA) is 98.1 Å². The van der Waals surface area contributed by atoms with E-state index in [4.69, 9.17) is 0 Å². The van der Waals surface area contributed by atoms with Crippen LogP contribution in [-0.2, 0) is 9.59 Å². The van der Waals surface area contributed by atoms with Crippen molar-refractivity contribution in [2.45, 2.75) is 26.7 Å². The number of allylic oxidation sites excluding steroid dienone is 1. The van der Waals surface area contributed by atoms with Crippen LogP contribution in [0.5, 0.6) is 0 Å². The lowest BCUT2D eigenvalue weighted by Crippen LogP contribution is -2.36. The summed E-state index contributed by atoms with van der Waals surface area (Å²) in [5, 5.41) is 28.6. The summed E-state index contributed by atoms with van der Waals surface area (Å²) >= 11 is 0. The second-order valence-corrected chi connectivity index (χ2v) is 5.45. The number of carboxylic acids is 2. The number of hydrogen-bond acceptors (Lipinski definition) is 4. The minimum absolute atomic E-state index is 0.214. The van der Waals surface area contributed by atoms with Crippen LogP contribution in [0.2, 0.25) is 0 Å². The van der Waals surface area contributed by atoms with Crippen molar-refractivity contribution < 1.29 is 24.9 Å². The molecule has 0 radical (unpaired) electrons. The van der Waals surface area contributed by atoms with Crippen LogP contribution in [0.1, 0.15) is 26.7 Å². The number of carbonyl (C=O) groups is 2. The maximum Gasteiger partial charge on any atom is 0.321 e. The van der Waals surface area contributed by atoms with E-state index in [1.165, 1.54) is 12.3 Å². The zero-order chi connectivity index (χ0) is 14.4. The standard InChI is InChI=1S/C13H17NO5/c1-3-13(11(18)19)5-8-4-12(2,10(16)17)7-14(8)6-9(13)15/h5-6,15H,3-4,7H2,1-2H3,(H,16,17)(H,18,19). The van der Waals surface area contributed by atoms with Crippen LogP contribution >= 0.6 is 0 Å². The maximum absolute atomic E-state index is 11.4. The van der Waals surface area contributed by atoms with Gasteiger partial charge < -0.3 is 20.2 Å². The van der Waals surface area contributed by atoms with Crippen molar-refractivity contribution in [2.24, 2.45) is 10.8 Å². The molecule has 6 nitrogen and oxygen atoms in total. The summed E-state index contributed by atoms with van der Waals surface area (Å²) < 4.78 is 0. The molecule has 6 heteroatoms. The first-order chi connectivity index (χ1) is 8.75. The van der Waals surface area contributed by atoms with E-state index in [0.717, 1.165) is 0 Å². The lowest BCUT2D eigenvalue weighted by Gasteiger charge is -2.31. The Morgan fingerprint density at radius 1 is 1.37 bits per heavy atom. The second-order valence-electron chi connectivity index (χ2n) is 5.45. The molecule has 2 rings (SSSR count). The summed E-state index contributed by atoms with van der Waals surface area (Å²) in [5.41, 5.74) is -1.74. The van der Waals surface area contributed by atoms with Crippen LogP contribution in [0.25, 0.3) is 0 Å². The third-order valence-corrected chi connectivity index (χ3v) is 4.06. The number of aliphatic hydroxyl groups is 1. The minimum Gasteiger partial charge on any atom is -0.509 e. The lowest BCUT2D eigenvalue weighted by molar-refractivity contribution is -0.147. The number of carboxylic acid groups (broad SMARTS) is 2. The molecule has 2 unspecified atom stereocenters. The largest absolute Gasteiger partial charge is 0.509 e. The maximum atomic E-state index is 11.4. The summed E-state index contributed by atoms with van der Waals surface area (Å²) in [6.07, 6.45) is 3.31. The number of fused-ring (bicyclic) bond motifs is 1. The molecule has 1 saturated heterocycles. The Morgan fingerprint density at radius 3 is 2.47 bits per heavy atom. The summed E-state index contributed by atoms with van der Waals surface area (Å²) in [7, 11) is 0. The Balaban J connectivity index is 2.45. The molecule has 0 spiro atoms.